The van der Waals surface area contributed by atoms with E-state index in [1.165, 1.54) is 0 Å². The highest BCUT2D eigenvalue weighted by Crippen LogP contribution is 2.22. The molecule has 0 saturated carbocycles. The van der Waals surface area contributed by atoms with Crippen molar-refractivity contribution in [2.24, 2.45) is 0 Å². The lowest BCUT2D eigenvalue weighted by Crippen LogP contribution is -2.14. The summed E-state index contributed by atoms with van der Waals surface area (Å²) in [5, 5.41) is 14.8. The average molecular weight is 410 g/mol. The topological polar surface area (TPSA) is 75.9 Å². The van der Waals surface area contributed by atoms with E-state index in [0.717, 1.165) is 32.6 Å². The molecule has 4 rings (SSSR count). The van der Waals surface area contributed by atoms with Crippen LogP contribution in [0, 0.1) is 0 Å². The maximum atomic E-state index is 5.66. The van der Waals surface area contributed by atoms with Crippen molar-refractivity contribution in [1.82, 2.24) is 15.2 Å². The summed E-state index contributed by atoms with van der Waals surface area (Å²) < 4.78 is 6.62. The van der Waals surface area contributed by atoms with Crippen molar-refractivity contribution in [3.63, 3.8) is 0 Å². The fourth-order valence-corrected chi connectivity index (χ4v) is 2.86. The van der Waals surface area contributed by atoms with Gasteiger partial charge in [0.2, 0.25) is 0 Å². The van der Waals surface area contributed by atoms with Crippen LogP contribution in [0.2, 0.25) is 0 Å². The van der Waals surface area contributed by atoms with Gasteiger partial charge < -0.3 is 15.1 Å². The summed E-state index contributed by atoms with van der Waals surface area (Å²) in [5.74, 6) is 0.730. The molecule has 2 heterocycles. The molecule has 2 N–H and O–H groups in total. The summed E-state index contributed by atoms with van der Waals surface area (Å²) in [6.07, 6.45) is 0. The third kappa shape index (κ3) is 3.83. The lowest BCUT2D eigenvalue weighted by Gasteiger charge is -2.06. The minimum absolute atomic E-state index is 0.505. The van der Waals surface area contributed by atoms with Crippen LogP contribution in [0.15, 0.2) is 69.6 Å². The van der Waals surface area contributed by atoms with Gasteiger partial charge in [-0.2, -0.15) is 4.98 Å². The quantitative estimate of drug-likeness (QED) is 0.454. The highest BCUT2D eigenvalue weighted by molar-refractivity contribution is 9.10. The van der Waals surface area contributed by atoms with Crippen LogP contribution in [0.1, 0.15) is 0 Å². The van der Waals surface area contributed by atoms with E-state index in [-0.39, 0.29) is 0 Å². The van der Waals surface area contributed by atoms with Gasteiger partial charge in [-0.15, -0.1) is 10.2 Å². The Morgan fingerprint density at radius 2 is 1.73 bits per heavy atom. The average Bonchev–Trinajstić information content (AvgIpc) is 3.08. The number of hydrogen-bond acceptors (Lipinski definition) is 6. The minimum atomic E-state index is 0.505. The molecular formula is C19H16BrN5O. The van der Waals surface area contributed by atoms with Gasteiger partial charge in [0.05, 0.1) is 5.69 Å². The summed E-state index contributed by atoms with van der Waals surface area (Å²) in [7, 11) is 0. The molecule has 0 fully saturated rings. The second kappa shape index (κ2) is 7.53. The van der Waals surface area contributed by atoms with Crippen LogP contribution in [0.4, 0.5) is 11.8 Å². The molecule has 0 unspecified atom stereocenters. The first-order chi connectivity index (χ1) is 12.8. The first-order valence-corrected chi connectivity index (χ1v) is 9.00. The van der Waals surface area contributed by atoms with Crippen LogP contribution in [0.5, 0.6) is 0 Å². The molecule has 2 aromatic carbocycles. The first-order valence-electron chi connectivity index (χ1n) is 8.21. The maximum Gasteiger partial charge on any atom is 0.295 e. The number of oxazole rings is 1. The standard InChI is InChI=1S/C19H16BrN5O/c20-14-6-7-16-17(12-14)26-19(23-16)22-11-10-21-18-9-8-15(24-25-18)13-4-2-1-3-5-13/h1-9,12H,10-11H2,(H,21,25)(H,22,23). The fraction of sp³-hybridized carbons (Fsp3) is 0.105. The van der Waals surface area contributed by atoms with E-state index in [0.29, 0.717) is 19.1 Å². The van der Waals surface area contributed by atoms with E-state index in [9.17, 15) is 0 Å². The third-order valence-electron chi connectivity index (χ3n) is 3.79. The number of nitrogens with zero attached hydrogens (tertiary/aromatic N) is 3. The number of rotatable bonds is 6. The summed E-state index contributed by atoms with van der Waals surface area (Å²) in [6.45, 7) is 1.32. The molecule has 6 nitrogen and oxygen atoms in total. The van der Waals surface area contributed by atoms with Crippen molar-refractivity contribution < 1.29 is 4.42 Å². The van der Waals surface area contributed by atoms with Crippen molar-refractivity contribution in [2.75, 3.05) is 23.7 Å². The van der Waals surface area contributed by atoms with Gasteiger partial charge >= 0.3 is 0 Å². The Morgan fingerprint density at radius 3 is 2.54 bits per heavy atom. The van der Waals surface area contributed by atoms with E-state index < -0.39 is 0 Å². The Kier molecular flexibility index (Phi) is 4.79. The van der Waals surface area contributed by atoms with E-state index in [4.69, 9.17) is 4.42 Å². The first kappa shape index (κ1) is 16.5. The Hall–Kier alpha value is -2.93. The summed E-state index contributed by atoms with van der Waals surface area (Å²) in [5.41, 5.74) is 3.48. The fourth-order valence-electron chi connectivity index (χ4n) is 2.52. The van der Waals surface area contributed by atoms with Gasteiger partial charge in [0.1, 0.15) is 11.3 Å². The minimum Gasteiger partial charge on any atom is -0.424 e. The van der Waals surface area contributed by atoms with Gasteiger partial charge in [0, 0.05) is 23.1 Å². The molecular weight excluding hydrogens is 394 g/mol. The molecule has 130 valence electrons. The maximum absolute atomic E-state index is 5.66. The van der Waals surface area contributed by atoms with Gasteiger partial charge in [-0.05, 0) is 30.3 Å². The summed E-state index contributed by atoms with van der Waals surface area (Å²) >= 11 is 3.42. The number of benzene rings is 2. The molecule has 7 heteroatoms. The van der Waals surface area contributed by atoms with Crippen molar-refractivity contribution in [3.05, 3.63) is 65.1 Å². The Balaban J connectivity index is 1.30. The Labute approximate surface area is 158 Å². The lowest BCUT2D eigenvalue weighted by molar-refractivity contribution is 0.615. The number of nitrogens with one attached hydrogen (secondary N) is 2. The van der Waals surface area contributed by atoms with E-state index in [2.05, 4.69) is 41.7 Å². The zero-order valence-corrected chi connectivity index (χ0v) is 15.4. The molecule has 0 bridgehead atoms. The number of halogens is 1. The SMILES string of the molecule is Brc1ccc2nc(NCCNc3ccc(-c4ccccc4)nn3)oc2c1. The molecule has 0 saturated heterocycles. The molecule has 0 amide bonds. The third-order valence-corrected chi connectivity index (χ3v) is 4.29. The lowest BCUT2D eigenvalue weighted by atomic mass is 10.1. The number of hydrogen-bond donors (Lipinski definition) is 2. The van der Waals surface area contributed by atoms with Gasteiger partial charge in [0.15, 0.2) is 5.58 Å². The van der Waals surface area contributed by atoms with Crippen LogP contribution in [0.25, 0.3) is 22.4 Å². The number of anilines is 2. The van der Waals surface area contributed by atoms with Crippen LogP contribution < -0.4 is 10.6 Å². The zero-order chi connectivity index (χ0) is 17.8. The number of aromatic nitrogens is 3. The van der Waals surface area contributed by atoms with E-state index in [1.807, 2.05) is 60.7 Å². The second-order valence-electron chi connectivity index (χ2n) is 5.65. The summed E-state index contributed by atoms with van der Waals surface area (Å²) in [6, 6.07) is 20.1. The summed E-state index contributed by atoms with van der Waals surface area (Å²) in [4.78, 5) is 4.39. The van der Waals surface area contributed by atoms with Gasteiger partial charge in [-0.1, -0.05) is 46.3 Å². The zero-order valence-electron chi connectivity index (χ0n) is 13.8. The van der Waals surface area contributed by atoms with Crippen molar-refractivity contribution >= 4 is 38.9 Å². The Bertz CT molecular complexity index is 1000. The predicted octanol–water partition coefficient (Wildman–Crippen LogP) is 4.57. The van der Waals surface area contributed by atoms with Gasteiger partial charge in [-0.25, -0.2) is 0 Å². The smallest absolute Gasteiger partial charge is 0.295 e. The number of fused-ring (bicyclic) bond motifs is 1. The molecule has 0 aliphatic heterocycles. The largest absolute Gasteiger partial charge is 0.424 e. The molecule has 4 aromatic rings. The van der Waals surface area contributed by atoms with Crippen molar-refractivity contribution in [3.8, 4) is 11.3 Å². The van der Waals surface area contributed by atoms with Gasteiger partial charge in [0.25, 0.3) is 6.01 Å². The van der Waals surface area contributed by atoms with Crippen LogP contribution in [-0.2, 0) is 0 Å². The Morgan fingerprint density at radius 1 is 0.885 bits per heavy atom. The normalized spacial score (nSPS) is 10.8. The molecule has 2 aromatic heterocycles. The van der Waals surface area contributed by atoms with Crippen molar-refractivity contribution in [1.29, 1.82) is 0 Å². The van der Waals surface area contributed by atoms with Gasteiger partial charge in [-0.3, -0.25) is 0 Å². The highest BCUT2D eigenvalue weighted by atomic mass is 79.9. The van der Waals surface area contributed by atoms with E-state index >= 15 is 0 Å². The van der Waals surface area contributed by atoms with Crippen LogP contribution >= 0.6 is 15.9 Å². The second-order valence-corrected chi connectivity index (χ2v) is 6.57. The molecule has 0 radical (unpaired) electrons. The molecule has 0 atom stereocenters. The van der Waals surface area contributed by atoms with Crippen LogP contribution in [-0.4, -0.2) is 28.3 Å². The van der Waals surface area contributed by atoms with E-state index in [1.54, 1.807) is 0 Å². The predicted molar refractivity (Wildman–Crippen MR) is 106 cm³/mol. The molecule has 0 aliphatic rings. The molecule has 26 heavy (non-hydrogen) atoms. The monoisotopic (exact) mass is 409 g/mol. The van der Waals surface area contributed by atoms with Crippen LogP contribution in [0.3, 0.4) is 0 Å². The molecule has 0 spiro atoms. The highest BCUT2D eigenvalue weighted by Gasteiger charge is 2.05. The molecule has 0 aliphatic carbocycles. The van der Waals surface area contributed by atoms with Crippen molar-refractivity contribution in [2.45, 2.75) is 0 Å².